The van der Waals surface area contributed by atoms with Crippen LogP contribution in [0.25, 0.3) is 11.4 Å². The van der Waals surface area contributed by atoms with Gasteiger partial charge < -0.3 is 14.2 Å². The van der Waals surface area contributed by atoms with Crippen LogP contribution in [0.3, 0.4) is 0 Å². The van der Waals surface area contributed by atoms with E-state index in [1.54, 1.807) is 34.6 Å². The highest BCUT2D eigenvalue weighted by atomic mass is 32.1. The van der Waals surface area contributed by atoms with Gasteiger partial charge in [0.25, 0.3) is 5.91 Å². The van der Waals surface area contributed by atoms with Gasteiger partial charge >= 0.3 is 0 Å². The largest absolute Gasteiger partial charge is 0.480 e. The highest BCUT2D eigenvalue weighted by molar-refractivity contribution is 7.08. The average Bonchev–Trinajstić information content (AvgIpc) is 3.24. The van der Waals surface area contributed by atoms with Crippen molar-refractivity contribution in [1.82, 2.24) is 20.0 Å². The minimum absolute atomic E-state index is 0.0662. The Morgan fingerprint density at radius 3 is 3.04 bits per heavy atom. The molecule has 1 aliphatic heterocycles. The maximum atomic E-state index is 12.5. The van der Waals surface area contributed by atoms with Gasteiger partial charge in [-0.15, -0.1) is 0 Å². The van der Waals surface area contributed by atoms with Crippen molar-refractivity contribution in [2.24, 2.45) is 0 Å². The highest BCUT2D eigenvalue weighted by Crippen LogP contribution is 2.30. The first kappa shape index (κ1) is 14.8. The number of hydrogen-bond donors (Lipinski definition) is 0. The van der Waals surface area contributed by atoms with E-state index in [0.717, 1.165) is 5.56 Å². The van der Waals surface area contributed by atoms with Gasteiger partial charge in [-0.05, 0) is 23.6 Å². The number of ether oxygens (including phenoxy) is 1. The number of carbonyl (C=O) groups is 1. The van der Waals surface area contributed by atoms with Gasteiger partial charge in [-0.1, -0.05) is 5.16 Å². The molecule has 122 valence electrons. The van der Waals surface area contributed by atoms with Crippen LogP contribution in [-0.2, 0) is 0 Å². The van der Waals surface area contributed by atoms with Crippen molar-refractivity contribution in [3.63, 3.8) is 0 Å². The SMILES string of the molecule is COc1ncccc1C(=O)N1CC(c2nc(-c3ccsc3)no2)C1. The second-order valence-electron chi connectivity index (χ2n) is 5.44. The minimum Gasteiger partial charge on any atom is -0.480 e. The van der Waals surface area contributed by atoms with Crippen molar-refractivity contribution in [2.75, 3.05) is 20.2 Å². The third kappa shape index (κ3) is 2.54. The molecule has 0 unspecified atom stereocenters. The number of rotatable bonds is 4. The molecule has 8 heteroatoms. The molecule has 0 saturated carbocycles. The first-order valence-corrected chi connectivity index (χ1v) is 8.35. The molecule has 3 aromatic rings. The normalized spacial score (nSPS) is 14.5. The van der Waals surface area contributed by atoms with Gasteiger partial charge in [-0.25, -0.2) is 4.98 Å². The van der Waals surface area contributed by atoms with Crippen LogP contribution in [-0.4, -0.2) is 46.1 Å². The van der Waals surface area contributed by atoms with Crippen LogP contribution < -0.4 is 4.74 Å². The molecule has 1 fully saturated rings. The van der Waals surface area contributed by atoms with Crippen molar-refractivity contribution in [2.45, 2.75) is 5.92 Å². The number of methoxy groups -OCH3 is 1. The number of carbonyl (C=O) groups excluding carboxylic acids is 1. The van der Waals surface area contributed by atoms with Crippen LogP contribution >= 0.6 is 11.3 Å². The first-order valence-electron chi connectivity index (χ1n) is 7.40. The Balaban J connectivity index is 1.44. The zero-order valence-electron chi connectivity index (χ0n) is 12.9. The van der Waals surface area contributed by atoms with Gasteiger partial charge in [0.1, 0.15) is 5.56 Å². The molecule has 4 rings (SSSR count). The Morgan fingerprint density at radius 2 is 2.29 bits per heavy atom. The lowest BCUT2D eigenvalue weighted by molar-refractivity contribution is 0.0565. The van der Waals surface area contributed by atoms with E-state index < -0.39 is 0 Å². The third-order valence-corrected chi connectivity index (χ3v) is 4.62. The van der Waals surface area contributed by atoms with E-state index >= 15 is 0 Å². The summed E-state index contributed by atoms with van der Waals surface area (Å²) in [5.41, 5.74) is 1.41. The van der Waals surface area contributed by atoms with Crippen LogP contribution in [0.5, 0.6) is 5.88 Å². The van der Waals surface area contributed by atoms with Gasteiger partial charge in [0.05, 0.1) is 13.0 Å². The van der Waals surface area contributed by atoms with Gasteiger partial charge in [-0.3, -0.25) is 4.79 Å². The smallest absolute Gasteiger partial charge is 0.259 e. The van der Waals surface area contributed by atoms with Crippen molar-refractivity contribution >= 4 is 17.2 Å². The Bertz CT molecular complexity index is 856. The number of aromatic nitrogens is 3. The predicted molar refractivity (Wildman–Crippen MR) is 87.0 cm³/mol. The quantitative estimate of drug-likeness (QED) is 0.724. The second kappa shape index (κ2) is 6.04. The van der Waals surface area contributed by atoms with E-state index in [1.165, 1.54) is 7.11 Å². The lowest BCUT2D eigenvalue weighted by Gasteiger charge is -2.37. The number of hydrogen-bond acceptors (Lipinski definition) is 7. The monoisotopic (exact) mass is 342 g/mol. The third-order valence-electron chi connectivity index (χ3n) is 3.93. The number of thiophene rings is 1. The topological polar surface area (TPSA) is 81.4 Å². The maximum absolute atomic E-state index is 12.5. The van der Waals surface area contributed by atoms with E-state index in [-0.39, 0.29) is 11.8 Å². The van der Waals surface area contributed by atoms with Crippen molar-refractivity contribution in [3.8, 4) is 17.3 Å². The lowest BCUT2D eigenvalue weighted by atomic mass is 9.99. The maximum Gasteiger partial charge on any atom is 0.259 e. The molecule has 1 amide bonds. The fourth-order valence-corrected chi connectivity index (χ4v) is 3.23. The summed E-state index contributed by atoms with van der Waals surface area (Å²) in [5, 5.41) is 7.94. The second-order valence-corrected chi connectivity index (χ2v) is 6.22. The minimum atomic E-state index is -0.103. The fraction of sp³-hybridized carbons (Fsp3) is 0.250. The first-order chi connectivity index (χ1) is 11.8. The van der Waals surface area contributed by atoms with E-state index in [4.69, 9.17) is 9.26 Å². The van der Waals surface area contributed by atoms with E-state index in [9.17, 15) is 4.79 Å². The molecular weight excluding hydrogens is 328 g/mol. The molecule has 0 radical (unpaired) electrons. The number of amides is 1. The zero-order chi connectivity index (χ0) is 16.5. The van der Waals surface area contributed by atoms with E-state index in [2.05, 4.69) is 15.1 Å². The van der Waals surface area contributed by atoms with Crippen LogP contribution in [0, 0.1) is 0 Å². The van der Waals surface area contributed by atoms with Crippen LogP contribution in [0.2, 0.25) is 0 Å². The van der Waals surface area contributed by atoms with Crippen LogP contribution in [0.4, 0.5) is 0 Å². The molecule has 4 heterocycles. The van der Waals surface area contributed by atoms with Gasteiger partial charge in [0, 0.05) is 30.2 Å². The summed E-state index contributed by atoms with van der Waals surface area (Å²) in [5.74, 6) is 1.46. The summed E-state index contributed by atoms with van der Waals surface area (Å²) in [4.78, 5) is 22.7. The Hall–Kier alpha value is -2.74. The summed E-state index contributed by atoms with van der Waals surface area (Å²) in [6.07, 6.45) is 1.60. The molecule has 24 heavy (non-hydrogen) atoms. The van der Waals surface area contributed by atoms with Gasteiger partial charge in [-0.2, -0.15) is 16.3 Å². The summed E-state index contributed by atoms with van der Waals surface area (Å²) >= 11 is 1.58. The van der Waals surface area contributed by atoms with Gasteiger partial charge in [0.15, 0.2) is 0 Å². The molecule has 0 atom stereocenters. The molecular formula is C16H14N4O3S. The van der Waals surface area contributed by atoms with Crippen molar-refractivity contribution < 1.29 is 14.1 Å². The summed E-state index contributed by atoms with van der Waals surface area (Å²) in [6, 6.07) is 5.38. The molecule has 3 aromatic heterocycles. The molecule has 7 nitrogen and oxygen atoms in total. The Morgan fingerprint density at radius 1 is 1.42 bits per heavy atom. The summed E-state index contributed by atoms with van der Waals surface area (Å²) in [7, 11) is 1.50. The van der Waals surface area contributed by atoms with Crippen molar-refractivity contribution in [1.29, 1.82) is 0 Å². The molecule has 1 aliphatic rings. The Kier molecular flexibility index (Phi) is 3.73. The van der Waals surface area contributed by atoms with Crippen molar-refractivity contribution in [3.05, 3.63) is 46.6 Å². The van der Waals surface area contributed by atoms with Gasteiger partial charge in [0.2, 0.25) is 17.6 Å². The zero-order valence-corrected chi connectivity index (χ0v) is 13.7. The van der Waals surface area contributed by atoms with Crippen LogP contribution in [0.1, 0.15) is 22.2 Å². The summed E-state index contributed by atoms with van der Waals surface area (Å²) in [6.45, 7) is 1.09. The number of pyridine rings is 1. The predicted octanol–water partition coefficient (Wildman–Crippen LogP) is 2.44. The molecule has 0 aromatic carbocycles. The Labute approximate surface area is 141 Å². The van der Waals surface area contributed by atoms with E-state index in [0.29, 0.717) is 36.2 Å². The lowest BCUT2D eigenvalue weighted by Crippen LogP contribution is -2.48. The molecule has 0 N–H and O–H groups in total. The fourth-order valence-electron chi connectivity index (χ4n) is 2.60. The standard InChI is InChI=1S/C16H14N4O3S/c1-22-15-12(3-2-5-17-15)16(21)20-7-11(8-20)14-18-13(19-23-14)10-4-6-24-9-10/h2-6,9,11H,7-8H2,1H3. The average molecular weight is 342 g/mol. The summed E-state index contributed by atoms with van der Waals surface area (Å²) < 4.78 is 10.5. The molecule has 0 bridgehead atoms. The number of likely N-dealkylation sites (tertiary alicyclic amines) is 1. The van der Waals surface area contributed by atoms with Crippen LogP contribution in [0.15, 0.2) is 39.7 Å². The van der Waals surface area contributed by atoms with E-state index in [1.807, 2.05) is 16.8 Å². The molecule has 1 saturated heterocycles. The highest BCUT2D eigenvalue weighted by Gasteiger charge is 2.37. The number of nitrogens with zero attached hydrogens (tertiary/aromatic N) is 4. The molecule has 0 aliphatic carbocycles. The molecule has 0 spiro atoms.